The summed E-state index contributed by atoms with van der Waals surface area (Å²) in [6.45, 7) is 1.74. The molecule has 1 unspecified atom stereocenters. The predicted molar refractivity (Wildman–Crippen MR) is 58.8 cm³/mol. The van der Waals surface area contributed by atoms with Crippen molar-refractivity contribution in [1.29, 1.82) is 0 Å². The maximum Gasteiger partial charge on any atom is 0.245 e. The molecular formula is C9H13N7. The van der Waals surface area contributed by atoms with Gasteiger partial charge in [-0.2, -0.15) is 10.1 Å². The molecule has 0 amide bonds. The van der Waals surface area contributed by atoms with E-state index in [9.17, 15) is 0 Å². The smallest absolute Gasteiger partial charge is 0.245 e. The van der Waals surface area contributed by atoms with Gasteiger partial charge >= 0.3 is 0 Å². The molecule has 1 atom stereocenters. The first-order chi connectivity index (χ1) is 7.83. The molecule has 1 fully saturated rings. The van der Waals surface area contributed by atoms with Crippen molar-refractivity contribution < 1.29 is 0 Å². The third-order valence-electron chi connectivity index (χ3n) is 2.74. The molecule has 16 heavy (non-hydrogen) atoms. The molecule has 3 heterocycles. The number of anilines is 1. The average molecular weight is 219 g/mol. The molecular weight excluding hydrogens is 206 g/mol. The maximum absolute atomic E-state index is 5.84. The number of H-pyrrole nitrogens is 2. The van der Waals surface area contributed by atoms with Crippen LogP contribution in [-0.2, 0) is 0 Å². The van der Waals surface area contributed by atoms with Crippen LogP contribution in [-0.4, -0.2) is 44.5 Å². The van der Waals surface area contributed by atoms with Gasteiger partial charge in [-0.15, -0.1) is 5.10 Å². The minimum Gasteiger partial charge on any atom is -0.338 e. The lowest BCUT2D eigenvalue weighted by molar-refractivity contribution is 0.750. The third-order valence-corrected chi connectivity index (χ3v) is 2.74. The van der Waals surface area contributed by atoms with Crippen molar-refractivity contribution in [2.24, 2.45) is 5.73 Å². The van der Waals surface area contributed by atoms with E-state index in [1.54, 1.807) is 6.20 Å². The van der Waals surface area contributed by atoms with Gasteiger partial charge in [0.1, 0.15) is 5.69 Å². The number of aromatic amines is 2. The van der Waals surface area contributed by atoms with Crippen LogP contribution >= 0.6 is 0 Å². The number of nitrogens with two attached hydrogens (primary N) is 1. The Morgan fingerprint density at radius 1 is 1.44 bits per heavy atom. The van der Waals surface area contributed by atoms with E-state index in [1.165, 1.54) is 0 Å². The van der Waals surface area contributed by atoms with Crippen LogP contribution in [0.25, 0.3) is 11.5 Å². The lowest BCUT2D eigenvalue weighted by Gasteiger charge is -2.11. The molecule has 2 aromatic rings. The zero-order chi connectivity index (χ0) is 11.0. The Hall–Kier alpha value is -1.89. The van der Waals surface area contributed by atoms with Gasteiger partial charge in [0.25, 0.3) is 0 Å². The number of aromatic nitrogens is 5. The van der Waals surface area contributed by atoms with Crippen LogP contribution in [0.15, 0.2) is 12.3 Å². The van der Waals surface area contributed by atoms with Gasteiger partial charge in [-0.25, -0.2) is 0 Å². The van der Waals surface area contributed by atoms with Gasteiger partial charge < -0.3 is 10.6 Å². The maximum atomic E-state index is 5.84. The standard InChI is InChI=1S/C9H13N7/c10-6-2-4-16(5-6)9-12-8(14-15-9)7-1-3-11-13-7/h1,3,6H,2,4-5,10H2,(H,11,13)(H,12,14,15). The van der Waals surface area contributed by atoms with Crippen molar-refractivity contribution in [2.75, 3.05) is 18.0 Å². The van der Waals surface area contributed by atoms with Crippen molar-refractivity contribution in [3.05, 3.63) is 12.3 Å². The summed E-state index contributed by atoms with van der Waals surface area (Å²) in [6.07, 6.45) is 2.68. The molecule has 1 aliphatic rings. The summed E-state index contributed by atoms with van der Waals surface area (Å²) in [4.78, 5) is 6.49. The van der Waals surface area contributed by atoms with E-state index in [-0.39, 0.29) is 6.04 Å². The molecule has 84 valence electrons. The summed E-state index contributed by atoms with van der Waals surface area (Å²) >= 11 is 0. The van der Waals surface area contributed by atoms with Crippen molar-refractivity contribution in [2.45, 2.75) is 12.5 Å². The highest BCUT2D eigenvalue weighted by Gasteiger charge is 2.22. The fourth-order valence-electron chi connectivity index (χ4n) is 1.87. The van der Waals surface area contributed by atoms with Crippen LogP contribution in [0.3, 0.4) is 0 Å². The summed E-state index contributed by atoms with van der Waals surface area (Å²) in [5.41, 5.74) is 6.68. The van der Waals surface area contributed by atoms with E-state index >= 15 is 0 Å². The van der Waals surface area contributed by atoms with Gasteiger partial charge in [0, 0.05) is 25.3 Å². The van der Waals surface area contributed by atoms with Crippen LogP contribution in [0.4, 0.5) is 5.95 Å². The second kappa shape index (κ2) is 3.60. The van der Waals surface area contributed by atoms with Gasteiger partial charge in [-0.05, 0) is 12.5 Å². The number of rotatable bonds is 2. The summed E-state index contributed by atoms with van der Waals surface area (Å²) in [5.74, 6) is 1.41. The molecule has 7 nitrogen and oxygen atoms in total. The molecule has 0 aliphatic carbocycles. The highest BCUT2D eigenvalue weighted by atomic mass is 15.4. The molecule has 7 heteroatoms. The van der Waals surface area contributed by atoms with Gasteiger partial charge in [0.2, 0.25) is 5.95 Å². The fourth-order valence-corrected chi connectivity index (χ4v) is 1.87. The van der Waals surface area contributed by atoms with E-state index in [2.05, 4.69) is 30.3 Å². The van der Waals surface area contributed by atoms with Crippen LogP contribution in [0.2, 0.25) is 0 Å². The predicted octanol–water partition coefficient (Wildman–Crippen LogP) is -0.268. The number of nitrogens with zero attached hydrogens (tertiary/aromatic N) is 4. The Morgan fingerprint density at radius 3 is 3.06 bits per heavy atom. The second-order valence-electron chi connectivity index (χ2n) is 3.95. The SMILES string of the molecule is NC1CCN(c2n[nH]c(-c3ccn[nH]3)n2)C1. The topological polar surface area (TPSA) is 99.5 Å². The summed E-state index contributed by atoms with van der Waals surface area (Å²) in [6, 6.07) is 2.08. The zero-order valence-electron chi connectivity index (χ0n) is 8.72. The van der Waals surface area contributed by atoms with Gasteiger partial charge in [0.15, 0.2) is 5.82 Å². The van der Waals surface area contributed by atoms with Crippen LogP contribution < -0.4 is 10.6 Å². The highest BCUT2D eigenvalue weighted by molar-refractivity contribution is 5.50. The molecule has 3 rings (SSSR count). The monoisotopic (exact) mass is 219 g/mol. The van der Waals surface area contributed by atoms with Crippen LogP contribution in [0.5, 0.6) is 0 Å². The van der Waals surface area contributed by atoms with E-state index in [0.29, 0.717) is 11.8 Å². The van der Waals surface area contributed by atoms with Gasteiger partial charge in [0.05, 0.1) is 0 Å². The normalized spacial score (nSPS) is 20.6. The molecule has 1 saturated heterocycles. The Kier molecular flexibility index (Phi) is 2.10. The zero-order valence-corrected chi connectivity index (χ0v) is 8.72. The first-order valence-electron chi connectivity index (χ1n) is 5.25. The highest BCUT2D eigenvalue weighted by Crippen LogP contribution is 2.18. The number of hydrogen-bond acceptors (Lipinski definition) is 5. The first kappa shape index (κ1) is 9.34. The van der Waals surface area contributed by atoms with Crippen molar-refractivity contribution in [3.8, 4) is 11.5 Å². The number of hydrogen-bond donors (Lipinski definition) is 3. The van der Waals surface area contributed by atoms with Gasteiger partial charge in [-0.3, -0.25) is 10.2 Å². The molecule has 0 aromatic carbocycles. The van der Waals surface area contributed by atoms with E-state index in [4.69, 9.17) is 5.73 Å². The van der Waals surface area contributed by atoms with Crippen molar-refractivity contribution in [3.63, 3.8) is 0 Å². The van der Waals surface area contributed by atoms with E-state index in [0.717, 1.165) is 25.2 Å². The summed E-state index contributed by atoms with van der Waals surface area (Å²) < 4.78 is 0. The Labute approximate surface area is 92.1 Å². The lowest BCUT2D eigenvalue weighted by atomic mass is 10.3. The molecule has 0 saturated carbocycles. The van der Waals surface area contributed by atoms with Gasteiger partial charge in [-0.1, -0.05) is 0 Å². The lowest BCUT2D eigenvalue weighted by Crippen LogP contribution is -2.26. The van der Waals surface area contributed by atoms with Crippen LogP contribution in [0, 0.1) is 0 Å². The molecule has 4 N–H and O–H groups in total. The minimum atomic E-state index is 0.231. The number of nitrogens with one attached hydrogen (secondary N) is 2. The Morgan fingerprint density at radius 2 is 2.38 bits per heavy atom. The molecule has 0 radical (unpaired) electrons. The third kappa shape index (κ3) is 1.54. The van der Waals surface area contributed by atoms with Crippen molar-refractivity contribution >= 4 is 5.95 Å². The Bertz CT molecular complexity index is 460. The average Bonchev–Trinajstić information content (AvgIpc) is 2.97. The largest absolute Gasteiger partial charge is 0.338 e. The molecule has 0 bridgehead atoms. The van der Waals surface area contributed by atoms with E-state index < -0.39 is 0 Å². The minimum absolute atomic E-state index is 0.231. The summed E-state index contributed by atoms with van der Waals surface area (Å²) in [7, 11) is 0. The molecule has 0 spiro atoms. The first-order valence-corrected chi connectivity index (χ1v) is 5.25. The van der Waals surface area contributed by atoms with Crippen molar-refractivity contribution in [1.82, 2.24) is 25.4 Å². The van der Waals surface area contributed by atoms with Crippen LogP contribution in [0.1, 0.15) is 6.42 Å². The quantitative estimate of drug-likeness (QED) is 0.645. The van der Waals surface area contributed by atoms with E-state index in [1.807, 2.05) is 6.07 Å². The Balaban J connectivity index is 1.83. The molecule has 2 aromatic heterocycles. The molecule has 1 aliphatic heterocycles. The summed E-state index contributed by atoms with van der Waals surface area (Å²) in [5, 5.41) is 13.8. The fraction of sp³-hybridized carbons (Fsp3) is 0.444. The second-order valence-corrected chi connectivity index (χ2v) is 3.95.